The van der Waals surface area contributed by atoms with E-state index in [1.165, 1.54) is 0 Å². The van der Waals surface area contributed by atoms with Crippen LogP contribution in [0.1, 0.15) is 24.9 Å². The van der Waals surface area contributed by atoms with Gasteiger partial charge in [0.15, 0.2) is 0 Å². The van der Waals surface area contributed by atoms with Gasteiger partial charge in [0.25, 0.3) is 0 Å². The van der Waals surface area contributed by atoms with Crippen molar-refractivity contribution in [2.45, 2.75) is 19.4 Å². The summed E-state index contributed by atoms with van der Waals surface area (Å²) in [5.74, 6) is 1.53. The number of aromatic nitrogens is 1. The van der Waals surface area contributed by atoms with Gasteiger partial charge < -0.3 is 14.8 Å². The van der Waals surface area contributed by atoms with Gasteiger partial charge in [-0.2, -0.15) is 4.98 Å². The van der Waals surface area contributed by atoms with Crippen LogP contribution < -0.4 is 20.1 Å². The van der Waals surface area contributed by atoms with Gasteiger partial charge in [0, 0.05) is 18.1 Å². The number of para-hydroxylation sites is 1. The fourth-order valence-corrected chi connectivity index (χ4v) is 2.80. The summed E-state index contributed by atoms with van der Waals surface area (Å²) < 4.78 is 10.9. The highest BCUT2D eigenvalue weighted by Gasteiger charge is 2.24. The van der Waals surface area contributed by atoms with E-state index >= 15 is 0 Å². The number of urea groups is 1. The highest BCUT2D eigenvalue weighted by Crippen LogP contribution is 2.37. The van der Waals surface area contributed by atoms with Crippen LogP contribution in [0.5, 0.6) is 11.6 Å². The number of hydrogen-bond donors (Lipinski definition) is 2. The van der Waals surface area contributed by atoms with Gasteiger partial charge >= 0.3 is 6.03 Å². The molecule has 0 aliphatic carbocycles. The average Bonchev–Trinajstić information content (AvgIpc) is 2.56. The zero-order chi connectivity index (χ0) is 16.9. The first-order valence-electron chi connectivity index (χ1n) is 7.76. The number of carbonyl (C=O) groups is 1. The molecule has 1 aliphatic heterocycles. The third-order valence-corrected chi connectivity index (χ3v) is 3.89. The Hall–Kier alpha value is -2.47. The fourth-order valence-electron chi connectivity index (χ4n) is 2.56. The van der Waals surface area contributed by atoms with Crippen LogP contribution in [0.25, 0.3) is 0 Å². The van der Waals surface area contributed by atoms with Crippen molar-refractivity contribution in [2.24, 2.45) is 0 Å². The first-order valence-corrected chi connectivity index (χ1v) is 8.13. The minimum Gasteiger partial charge on any atom is -0.492 e. The topological polar surface area (TPSA) is 72.5 Å². The van der Waals surface area contributed by atoms with E-state index in [2.05, 4.69) is 15.6 Å². The second-order valence-corrected chi connectivity index (χ2v) is 5.65. The maximum absolute atomic E-state index is 12.3. The molecule has 2 amide bonds. The number of fused-ring (bicyclic) bond motifs is 1. The summed E-state index contributed by atoms with van der Waals surface area (Å²) in [6, 6.07) is 10.2. The Morgan fingerprint density at radius 2 is 2.21 bits per heavy atom. The lowest BCUT2D eigenvalue weighted by atomic mass is 10.0. The van der Waals surface area contributed by atoms with Crippen LogP contribution in [0.2, 0.25) is 5.02 Å². The predicted octanol–water partition coefficient (Wildman–Crippen LogP) is 3.78. The predicted molar refractivity (Wildman–Crippen MR) is 91.9 cm³/mol. The smallest absolute Gasteiger partial charge is 0.320 e. The molecule has 0 saturated heterocycles. The van der Waals surface area contributed by atoms with Crippen LogP contribution in [0, 0.1) is 0 Å². The quantitative estimate of drug-likeness (QED) is 0.882. The minimum absolute atomic E-state index is 0.164. The van der Waals surface area contributed by atoms with Crippen LogP contribution in [0.15, 0.2) is 36.4 Å². The number of benzene rings is 1. The van der Waals surface area contributed by atoms with E-state index in [9.17, 15) is 4.79 Å². The van der Waals surface area contributed by atoms with Gasteiger partial charge in [-0.25, -0.2) is 4.79 Å². The van der Waals surface area contributed by atoms with Crippen LogP contribution >= 0.6 is 11.6 Å². The number of ether oxygens (including phenoxy) is 2. The molecule has 1 aliphatic rings. The molecule has 1 atom stereocenters. The molecule has 0 radical (unpaired) electrons. The minimum atomic E-state index is -0.339. The molecule has 2 N–H and O–H groups in total. The lowest BCUT2D eigenvalue weighted by Crippen LogP contribution is -2.35. The molecule has 1 aromatic carbocycles. The van der Waals surface area contributed by atoms with Crippen LogP contribution in [0.3, 0.4) is 0 Å². The number of amides is 2. The van der Waals surface area contributed by atoms with Crippen LogP contribution in [0.4, 0.5) is 10.6 Å². The van der Waals surface area contributed by atoms with Crippen molar-refractivity contribution in [3.63, 3.8) is 0 Å². The zero-order valence-electron chi connectivity index (χ0n) is 13.2. The Balaban J connectivity index is 1.68. The summed E-state index contributed by atoms with van der Waals surface area (Å²) in [7, 11) is 0. The standard InChI is InChI=1S/C17H18ClN3O3/c1-2-23-15-8-4-7-14(20-15)21-17(22)19-13-9-10-24-16-11(13)5-3-6-12(16)18/h3-8,13H,2,9-10H2,1H3,(H2,19,20,21,22)/t13-/m0/s1. The van der Waals surface area contributed by atoms with E-state index in [0.29, 0.717) is 42.1 Å². The number of anilines is 1. The second-order valence-electron chi connectivity index (χ2n) is 5.24. The normalized spacial score (nSPS) is 15.8. The third-order valence-electron chi connectivity index (χ3n) is 3.59. The van der Waals surface area contributed by atoms with Gasteiger partial charge in [0.2, 0.25) is 5.88 Å². The van der Waals surface area contributed by atoms with Crippen LogP contribution in [-0.4, -0.2) is 24.2 Å². The summed E-state index contributed by atoms with van der Waals surface area (Å²) in [6.45, 7) is 2.89. The van der Waals surface area contributed by atoms with E-state index in [0.717, 1.165) is 5.56 Å². The number of hydrogen-bond acceptors (Lipinski definition) is 4. The van der Waals surface area contributed by atoms with E-state index in [-0.39, 0.29) is 12.1 Å². The van der Waals surface area contributed by atoms with Crippen molar-refractivity contribution in [3.8, 4) is 11.6 Å². The molecule has 0 unspecified atom stereocenters. The first-order chi connectivity index (χ1) is 11.7. The molecule has 126 valence electrons. The number of pyridine rings is 1. The van der Waals surface area contributed by atoms with Gasteiger partial charge in [0.1, 0.15) is 11.6 Å². The molecule has 0 fully saturated rings. The van der Waals surface area contributed by atoms with E-state index in [1.807, 2.05) is 19.1 Å². The molecule has 24 heavy (non-hydrogen) atoms. The monoisotopic (exact) mass is 347 g/mol. The second kappa shape index (κ2) is 7.40. The first kappa shape index (κ1) is 16.4. The van der Waals surface area contributed by atoms with Crippen molar-refractivity contribution in [1.29, 1.82) is 0 Å². The molecular formula is C17H18ClN3O3. The number of rotatable bonds is 4. The largest absolute Gasteiger partial charge is 0.492 e. The Morgan fingerprint density at radius 3 is 3.04 bits per heavy atom. The molecule has 3 rings (SSSR count). The summed E-state index contributed by atoms with van der Waals surface area (Å²) in [5.41, 5.74) is 0.875. The highest BCUT2D eigenvalue weighted by atomic mass is 35.5. The molecule has 2 aromatic rings. The van der Waals surface area contributed by atoms with Crippen molar-refractivity contribution < 1.29 is 14.3 Å². The molecule has 6 nitrogen and oxygen atoms in total. The molecule has 0 bridgehead atoms. The molecule has 2 heterocycles. The molecule has 0 saturated carbocycles. The Kier molecular flexibility index (Phi) is 5.05. The number of nitrogens with one attached hydrogen (secondary N) is 2. The van der Waals surface area contributed by atoms with Crippen molar-refractivity contribution in [2.75, 3.05) is 18.5 Å². The highest BCUT2D eigenvalue weighted by molar-refractivity contribution is 6.32. The lowest BCUT2D eigenvalue weighted by Gasteiger charge is -2.27. The average molecular weight is 348 g/mol. The third kappa shape index (κ3) is 3.71. The number of carbonyl (C=O) groups excluding carboxylic acids is 1. The SMILES string of the molecule is CCOc1cccc(NC(=O)N[C@H]2CCOc3c(Cl)cccc32)n1. The summed E-state index contributed by atoms with van der Waals surface area (Å²) in [5, 5.41) is 6.20. The maximum atomic E-state index is 12.3. The van der Waals surface area contributed by atoms with Gasteiger partial charge in [-0.05, 0) is 19.1 Å². The lowest BCUT2D eigenvalue weighted by molar-refractivity contribution is 0.232. The van der Waals surface area contributed by atoms with Gasteiger partial charge in [-0.3, -0.25) is 5.32 Å². The molecule has 7 heteroatoms. The van der Waals surface area contributed by atoms with Gasteiger partial charge in [-0.15, -0.1) is 0 Å². The van der Waals surface area contributed by atoms with E-state index < -0.39 is 0 Å². The van der Waals surface area contributed by atoms with E-state index in [4.69, 9.17) is 21.1 Å². The van der Waals surface area contributed by atoms with Crippen molar-refractivity contribution >= 4 is 23.4 Å². The number of nitrogens with zero attached hydrogens (tertiary/aromatic N) is 1. The van der Waals surface area contributed by atoms with Gasteiger partial charge in [-0.1, -0.05) is 29.8 Å². The fraction of sp³-hybridized carbons (Fsp3) is 0.294. The Morgan fingerprint density at radius 1 is 1.38 bits per heavy atom. The van der Waals surface area contributed by atoms with Crippen molar-refractivity contribution in [3.05, 3.63) is 47.0 Å². The Bertz CT molecular complexity index is 739. The molecular weight excluding hydrogens is 330 g/mol. The van der Waals surface area contributed by atoms with Crippen molar-refractivity contribution in [1.82, 2.24) is 10.3 Å². The number of halogens is 1. The summed E-state index contributed by atoms with van der Waals surface area (Å²) in [4.78, 5) is 16.5. The Labute approximate surface area is 145 Å². The molecule has 1 aromatic heterocycles. The zero-order valence-corrected chi connectivity index (χ0v) is 14.0. The summed E-state index contributed by atoms with van der Waals surface area (Å²) >= 11 is 6.14. The summed E-state index contributed by atoms with van der Waals surface area (Å²) in [6.07, 6.45) is 0.674. The molecule has 0 spiro atoms. The van der Waals surface area contributed by atoms with E-state index in [1.54, 1.807) is 24.3 Å². The maximum Gasteiger partial charge on any atom is 0.320 e. The van der Waals surface area contributed by atoms with Gasteiger partial charge in [0.05, 0.1) is 24.3 Å². The van der Waals surface area contributed by atoms with Crippen LogP contribution in [-0.2, 0) is 0 Å².